The van der Waals surface area contributed by atoms with Crippen molar-refractivity contribution in [1.29, 1.82) is 0 Å². The molecule has 0 aliphatic heterocycles. The fourth-order valence-corrected chi connectivity index (χ4v) is 8.28. The molecule has 0 N–H and O–H groups in total. The number of benzene rings is 3. The third-order valence-corrected chi connectivity index (χ3v) is 9.76. The highest BCUT2D eigenvalue weighted by molar-refractivity contribution is 14.1. The second kappa shape index (κ2) is 8.78. The predicted molar refractivity (Wildman–Crippen MR) is 118 cm³/mol. The van der Waals surface area contributed by atoms with Crippen LogP contribution in [0.3, 0.4) is 0 Å². The maximum atomic E-state index is 2.50. The van der Waals surface area contributed by atoms with Gasteiger partial charge in [-0.3, -0.25) is 0 Å². The highest BCUT2D eigenvalue weighted by Gasteiger charge is 2.44. The smallest absolute Gasteiger partial charge is 0.0864 e. The Hall–Kier alpha value is -1.18. The topological polar surface area (TPSA) is 0 Å². The highest BCUT2D eigenvalue weighted by Crippen LogP contribution is 2.55. The Morgan fingerprint density at radius 2 is 0.917 bits per heavy atom. The Kier molecular flexibility index (Phi) is 6.45. The molecule has 3 aromatic carbocycles. The fourth-order valence-electron chi connectivity index (χ4n) is 3.33. The monoisotopic (exact) mass is 445 g/mol. The fraction of sp³-hybridized carbons (Fsp3) is 0.182. The van der Waals surface area contributed by atoms with E-state index >= 15 is 0 Å². The van der Waals surface area contributed by atoms with Crippen LogP contribution < -0.4 is 15.9 Å². The van der Waals surface area contributed by atoms with Crippen LogP contribution in [-0.4, -0.2) is 10.6 Å². The molecule has 0 amide bonds. The summed E-state index contributed by atoms with van der Waals surface area (Å²) in [6.45, 7) is 0. The number of alkyl halides is 1. The van der Waals surface area contributed by atoms with E-state index < -0.39 is 7.26 Å². The molecule has 3 rings (SSSR count). The summed E-state index contributed by atoms with van der Waals surface area (Å²) in [5, 5.41) is 4.49. The minimum Gasteiger partial charge on any atom is -0.0864 e. The third-order valence-electron chi connectivity index (χ3n) is 4.47. The van der Waals surface area contributed by atoms with E-state index in [0.29, 0.717) is 0 Å². The molecular weight excluding hydrogens is 422 g/mol. The molecule has 0 aliphatic carbocycles. The van der Waals surface area contributed by atoms with E-state index in [1.54, 1.807) is 0 Å². The summed E-state index contributed by atoms with van der Waals surface area (Å²) in [6.07, 6.45) is 3.80. The van der Waals surface area contributed by atoms with Crippen LogP contribution in [0.1, 0.15) is 12.8 Å². The molecule has 24 heavy (non-hydrogen) atoms. The molecule has 0 saturated heterocycles. The van der Waals surface area contributed by atoms with Gasteiger partial charge in [0.25, 0.3) is 0 Å². The highest BCUT2D eigenvalue weighted by atomic mass is 127. The van der Waals surface area contributed by atoms with Gasteiger partial charge in [-0.25, -0.2) is 0 Å². The van der Waals surface area contributed by atoms with Crippen molar-refractivity contribution < 1.29 is 0 Å². The van der Waals surface area contributed by atoms with Crippen LogP contribution in [-0.2, 0) is 0 Å². The van der Waals surface area contributed by atoms with Crippen molar-refractivity contribution in [2.75, 3.05) is 10.6 Å². The van der Waals surface area contributed by atoms with Crippen molar-refractivity contribution >= 4 is 45.8 Å². The molecule has 0 aromatic heterocycles. The zero-order valence-electron chi connectivity index (χ0n) is 13.8. The van der Waals surface area contributed by atoms with Gasteiger partial charge in [0.1, 0.15) is 23.2 Å². The molecule has 2 heteroatoms. The molecule has 122 valence electrons. The molecule has 0 spiro atoms. The number of hydrogen-bond acceptors (Lipinski definition) is 0. The Morgan fingerprint density at radius 3 is 1.25 bits per heavy atom. The zero-order valence-corrected chi connectivity index (χ0v) is 16.9. The Bertz CT molecular complexity index is 629. The largest absolute Gasteiger partial charge is 0.112 e. The third kappa shape index (κ3) is 3.73. The summed E-state index contributed by atoms with van der Waals surface area (Å²) in [5.74, 6) is 0. The van der Waals surface area contributed by atoms with E-state index in [9.17, 15) is 0 Å². The molecule has 0 unspecified atom stereocenters. The quantitative estimate of drug-likeness (QED) is 0.203. The van der Waals surface area contributed by atoms with Crippen LogP contribution in [0, 0.1) is 0 Å². The first-order valence-electron chi connectivity index (χ1n) is 8.49. The molecule has 0 aliphatic rings. The van der Waals surface area contributed by atoms with Crippen LogP contribution in [0.5, 0.6) is 0 Å². The minimum atomic E-state index is -1.59. The van der Waals surface area contributed by atoms with Crippen molar-refractivity contribution in [2.45, 2.75) is 12.8 Å². The van der Waals surface area contributed by atoms with Gasteiger partial charge in [-0.05, 0) is 53.7 Å². The molecule has 0 atom stereocenters. The van der Waals surface area contributed by atoms with Crippen LogP contribution >= 0.6 is 29.9 Å². The maximum Gasteiger partial charge on any atom is 0.112 e. The molecule has 0 nitrogen and oxygen atoms in total. The van der Waals surface area contributed by atoms with Gasteiger partial charge in [-0.2, -0.15) is 0 Å². The van der Waals surface area contributed by atoms with E-state index in [1.165, 1.54) is 39.3 Å². The molecule has 0 radical (unpaired) electrons. The van der Waals surface area contributed by atoms with Crippen molar-refractivity contribution in [1.82, 2.24) is 0 Å². The summed E-state index contributed by atoms with van der Waals surface area (Å²) < 4.78 is 1.23. The first-order chi connectivity index (χ1) is 11.9. The number of rotatable bonds is 7. The zero-order chi connectivity index (χ0) is 16.7. The average Bonchev–Trinajstić information content (AvgIpc) is 2.68. The second-order valence-electron chi connectivity index (χ2n) is 5.94. The predicted octanol–water partition coefficient (Wildman–Crippen LogP) is 5.20. The Balaban J connectivity index is 2.20. The van der Waals surface area contributed by atoms with Gasteiger partial charge in [-0.15, -0.1) is 0 Å². The van der Waals surface area contributed by atoms with Crippen molar-refractivity contribution in [2.24, 2.45) is 0 Å². The molecule has 0 saturated carbocycles. The summed E-state index contributed by atoms with van der Waals surface area (Å²) in [7, 11) is -1.59. The van der Waals surface area contributed by atoms with Gasteiger partial charge in [0.15, 0.2) is 0 Å². The van der Waals surface area contributed by atoms with E-state index in [-0.39, 0.29) is 0 Å². The lowest BCUT2D eigenvalue weighted by Gasteiger charge is -2.27. The molecule has 0 heterocycles. The van der Waals surface area contributed by atoms with Crippen LogP contribution in [0.15, 0.2) is 91.0 Å². The normalized spacial score (nSPS) is 11.4. The summed E-state index contributed by atoms with van der Waals surface area (Å²) in [4.78, 5) is 0. The second-order valence-corrected chi connectivity index (χ2v) is 10.6. The molecule has 3 aromatic rings. The lowest BCUT2D eigenvalue weighted by atomic mass is 10.3. The van der Waals surface area contributed by atoms with Gasteiger partial charge in [0.05, 0.1) is 6.16 Å². The van der Waals surface area contributed by atoms with Crippen molar-refractivity contribution in [3.8, 4) is 0 Å². The maximum absolute atomic E-state index is 2.50. The van der Waals surface area contributed by atoms with Gasteiger partial charge in [0, 0.05) is 0 Å². The standard InChI is InChI=1S/C22H23IP/c23-18-10-11-19-24(20-12-4-1-5-13-20,21-14-6-2-7-15-21)22-16-8-3-9-17-22/h1-9,12-17H,10-11,18-19H2/q+1. The van der Waals surface area contributed by atoms with Crippen LogP contribution in [0.2, 0.25) is 0 Å². The average molecular weight is 445 g/mol. The van der Waals surface area contributed by atoms with Gasteiger partial charge in [-0.1, -0.05) is 77.2 Å². The Morgan fingerprint density at radius 1 is 0.542 bits per heavy atom. The summed E-state index contributed by atoms with van der Waals surface area (Å²) in [5.41, 5.74) is 0. The number of hydrogen-bond donors (Lipinski definition) is 0. The lowest BCUT2D eigenvalue weighted by molar-refractivity contribution is 0.914. The van der Waals surface area contributed by atoms with E-state index in [0.717, 1.165) is 0 Å². The first kappa shape index (κ1) is 17.6. The lowest BCUT2D eigenvalue weighted by Crippen LogP contribution is -2.33. The van der Waals surface area contributed by atoms with Crippen molar-refractivity contribution in [3.63, 3.8) is 0 Å². The van der Waals surface area contributed by atoms with Gasteiger partial charge < -0.3 is 0 Å². The summed E-state index contributed by atoms with van der Waals surface area (Å²) >= 11 is 2.50. The number of halogens is 1. The van der Waals surface area contributed by atoms with E-state index in [4.69, 9.17) is 0 Å². The van der Waals surface area contributed by atoms with E-state index in [2.05, 4.69) is 114 Å². The van der Waals surface area contributed by atoms with Gasteiger partial charge in [0.2, 0.25) is 0 Å². The first-order valence-corrected chi connectivity index (χ1v) is 12.0. The van der Waals surface area contributed by atoms with Gasteiger partial charge >= 0.3 is 0 Å². The molecular formula is C22H23IP+. The summed E-state index contributed by atoms with van der Waals surface area (Å²) in [6, 6.07) is 33.5. The number of unbranched alkanes of at least 4 members (excludes halogenated alkanes) is 1. The van der Waals surface area contributed by atoms with Crippen molar-refractivity contribution in [3.05, 3.63) is 91.0 Å². The molecule has 0 bridgehead atoms. The Labute approximate surface area is 159 Å². The SMILES string of the molecule is ICCCC[P+](c1ccccc1)(c1ccccc1)c1ccccc1. The van der Waals surface area contributed by atoms with Crippen LogP contribution in [0.25, 0.3) is 0 Å². The molecule has 0 fully saturated rings. The minimum absolute atomic E-state index is 1.23. The van der Waals surface area contributed by atoms with E-state index in [1.807, 2.05) is 0 Å². The van der Waals surface area contributed by atoms with Crippen LogP contribution in [0.4, 0.5) is 0 Å².